The van der Waals surface area contributed by atoms with Crippen LogP contribution in [0, 0.1) is 11.3 Å². The minimum atomic E-state index is 0.128. The van der Waals surface area contributed by atoms with Crippen LogP contribution in [0.3, 0.4) is 0 Å². The molecule has 4 heteroatoms. The molecule has 1 fully saturated rings. The molecule has 2 N–H and O–H groups in total. The van der Waals surface area contributed by atoms with Crippen molar-refractivity contribution in [1.82, 2.24) is 4.98 Å². The van der Waals surface area contributed by atoms with Crippen molar-refractivity contribution in [1.29, 1.82) is 5.26 Å². The number of rotatable bonds is 2. The number of pyridine rings is 1. The van der Waals surface area contributed by atoms with Gasteiger partial charge in [-0.25, -0.2) is 4.98 Å². The van der Waals surface area contributed by atoms with Crippen LogP contribution in [-0.2, 0) is 0 Å². The predicted octanol–water partition coefficient (Wildman–Crippen LogP) is 1.66. The fourth-order valence-electron chi connectivity index (χ4n) is 2.43. The second-order valence-corrected chi connectivity index (χ2v) is 4.63. The maximum Gasteiger partial charge on any atom is 0.130 e. The van der Waals surface area contributed by atoms with E-state index in [0.717, 1.165) is 18.8 Å². The van der Waals surface area contributed by atoms with Crippen molar-refractivity contribution in [3.63, 3.8) is 0 Å². The molecule has 0 aromatic carbocycles. The van der Waals surface area contributed by atoms with Crippen molar-refractivity contribution < 1.29 is 0 Å². The van der Waals surface area contributed by atoms with E-state index < -0.39 is 0 Å². The van der Waals surface area contributed by atoms with E-state index >= 15 is 0 Å². The normalized spacial score (nSPS) is 21.9. The molecule has 0 bridgehead atoms. The van der Waals surface area contributed by atoms with Crippen LogP contribution in [0.4, 0.5) is 5.82 Å². The molecule has 2 unspecified atom stereocenters. The molecule has 90 valence electrons. The quantitative estimate of drug-likeness (QED) is 0.839. The van der Waals surface area contributed by atoms with Gasteiger partial charge in [-0.1, -0.05) is 0 Å². The van der Waals surface area contributed by atoms with Crippen LogP contribution in [0.2, 0.25) is 0 Å². The second kappa shape index (κ2) is 5.15. The molecular formula is C13H18N4. The summed E-state index contributed by atoms with van der Waals surface area (Å²) in [7, 11) is 0. The third-order valence-corrected chi connectivity index (χ3v) is 3.33. The van der Waals surface area contributed by atoms with E-state index in [1.807, 2.05) is 13.0 Å². The Bertz CT molecular complexity index is 422. The van der Waals surface area contributed by atoms with Gasteiger partial charge >= 0.3 is 0 Å². The number of anilines is 1. The van der Waals surface area contributed by atoms with E-state index in [1.165, 1.54) is 12.8 Å². The van der Waals surface area contributed by atoms with Crippen molar-refractivity contribution in [3.05, 3.63) is 23.9 Å². The van der Waals surface area contributed by atoms with Crippen molar-refractivity contribution in [3.8, 4) is 6.07 Å². The fraction of sp³-hybridized carbons (Fsp3) is 0.538. The Morgan fingerprint density at radius 1 is 1.59 bits per heavy atom. The molecule has 2 atom stereocenters. The predicted molar refractivity (Wildman–Crippen MR) is 67.6 cm³/mol. The van der Waals surface area contributed by atoms with E-state index in [4.69, 9.17) is 11.0 Å². The zero-order valence-corrected chi connectivity index (χ0v) is 10.1. The van der Waals surface area contributed by atoms with Crippen LogP contribution < -0.4 is 10.6 Å². The van der Waals surface area contributed by atoms with Gasteiger partial charge in [0.1, 0.15) is 5.82 Å². The molecule has 1 aromatic heterocycles. The summed E-state index contributed by atoms with van der Waals surface area (Å²) in [6.45, 7) is 3.02. The lowest BCUT2D eigenvalue weighted by Crippen LogP contribution is -2.49. The summed E-state index contributed by atoms with van der Waals surface area (Å²) in [6, 6.07) is 6.20. The highest BCUT2D eigenvalue weighted by molar-refractivity contribution is 5.46. The van der Waals surface area contributed by atoms with Gasteiger partial charge in [-0.05, 0) is 38.3 Å². The standard InChI is InChI=1S/C13H18N4/c1-10(15)12-4-2-3-7-17(12)13-8-11(9-14)5-6-16-13/h5-6,8,10,12H,2-4,7,15H2,1H3. The Labute approximate surface area is 102 Å². The topological polar surface area (TPSA) is 65.9 Å². The lowest BCUT2D eigenvalue weighted by molar-refractivity contribution is 0.411. The molecule has 0 radical (unpaired) electrons. The summed E-state index contributed by atoms with van der Waals surface area (Å²) >= 11 is 0. The molecule has 0 saturated carbocycles. The molecular weight excluding hydrogens is 212 g/mol. The van der Waals surface area contributed by atoms with Gasteiger partial charge in [0.2, 0.25) is 0 Å². The van der Waals surface area contributed by atoms with E-state index in [9.17, 15) is 0 Å². The highest BCUT2D eigenvalue weighted by atomic mass is 15.2. The molecule has 1 aromatic rings. The van der Waals surface area contributed by atoms with Crippen LogP contribution in [0.15, 0.2) is 18.3 Å². The summed E-state index contributed by atoms with van der Waals surface area (Å²) in [6.07, 6.45) is 5.19. The molecule has 1 saturated heterocycles. The zero-order valence-electron chi connectivity index (χ0n) is 10.1. The highest BCUT2D eigenvalue weighted by Gasteiger charge is 2.26. The molecule has 17 heavy (non-hydrogen) atoms. The summed E-state index contributed by atoms with van der Waals surface area (Å²) in [5, 5.41) is 8.91. The van der Waals surface area contributed by atoms with E-state index in [2.05, 4.69) is 16.0 Å². The molecule has 0 amide bonds. The first-order valence-corrected chi connectivity index (χ1v) is 6.11. The lowest BCUT2D eigenvalue weighted by atomic mass is 9.97. The fourth-order valence-corrected chi connectivity index (χ4v) is 2.43. The average molecular weight is 230 g/mol. The Balaban J connectivity index is 2.26. The third kappa shape index (κ3) is 2.56. The lowest BCUT2D eigenvalue weighted by Gasteiger charge is -2.38. The third-order valence-electron chi connectivity index (χ3n) is 3.33. The van der Waals surface area contributed by atoms with Gasteiger partial charge in [-0.2, -0.15) is 5.26 Å². The van der Waals surface area contributed by atoms with Crippen LogP contribution in [0.25, 0.3) is 0 Å². The maximum absolute atomic E-state index is 8.91. The van der Waals surface area contributed by atoms with Gasteiger partial charge in [0.25, 0.3) is 0 Å². The average Bonchev–Trinajstić information content (AvgIpc) is 2.39. The van der Waals surface area contributed by atoms with Crippen LogP contribution in [-0.4, -0.2) is 23.6 Å². The monoisotopic (exact) mass is 230 g/mol. The van der Waals surface area contributed by atoms with Crippen molar-refractivity contribution in [2.24, 2.45) is 5.73 Å². The van der Waals surface area contributed by atoms with Crippen LogP contribution >= 0.6 is 0 Å². The SMILES string of the molecule is CC(N)C1CCCCN1c1cc(C#N)ccn1. The van der Waals surface area contributed by atoms with Gasteiger partial charge in [-0.3, -0.25) is 0 Å². The van der Waals surface area contributed by atoms with E-state index in [0.29, 0.717) is 11.6 Å². The Morgan fingerprint density at radius 2 is 2.41 bits per heavy atom. The van der Waals surface area contributed by atoms with Crippen LogP contribution in [0.1, 0.15) is 31.7 Å². The van der Waals surface area contributed by atoms with E-state index in [-0.39, 0.29) is 6.04 Å². The minimum absolute atomic E-state index is 0.128. The highest BCUT2D eigenvalue weighted by Crippen LogP contribution is 2.24. The van der Waals surface area contributed by atoms with Crippen molar-refractivity contribution in [2.45, 2.75) is 38.3 Å². The number of nitrogens with two attached hydrogens (primary N) is 1. The first-order valence-electron chi connectivity index (χ1n) is 6.11. The largest absolute Gasteiger partial charge is 0.352 e. The Hall–Kier alpha value is -1.60. The first-order chi connectivity index (χ1) is 8.22. The maximum atomic E-state index is 8.91. The molecule has 0 aliphatic carbocycles. The van der Waals surface area contributed by atoms with Gasteiger partial charge < -0.3 is 10.6 Å². The van der Waals surface area contributed by atoms with Crippen molar-refractivity contribution >= 4 is 5.82 Å². The summed E-state index contributed by atoms with van der Waals surface area (Å²) in [5.41, 5.74) is 6.69. The number of nitriles is 1. The Morgan fingerprint density at radius 3 is 3.12 bits per heavy atom. The van der Waals surface area contributed by atoms with Crippen LogP contribution in [0.5, 0.6) is 0 Å². The van der Waals surface area contributed by atoms with Crippen molar-refractivity contribution in [2.75, 3.05) is 11.4 Å². The number of nitrogens with zero attached hydrogens (tertiary/aromatic N) is 3. The van der Waals surface area contributed by atoms with Gasteiger partial charge in [0.05, 0.1) is 11.6 Å². The smallest absolute Gasteiger partial charge is 0.130 e. The number of hydrogen-bond acceptors (Lipinski definition) is 4. The zero-order chi connectivity index (χ0) is 12.3. The molecule has 1 aliphatic rings. The second-order valence-electron chi connectivity index (χ2n) is 4.63. The molecule has 1 aliphatic heterocycles. The number of aromatic nitrogens is 1. The summed E-state index contributed by atoms with van der Waals surface area (Å²) < 4.78 is 0. The number of piperidine rings is 1. The van der Waals surface area contributed by atoms with Gasteiger partial charge in [0, 0.05) is 24.8 Å². The summed E-state index contributed by atoms with van der Waals surface area (Å²) in [4.78, 5) is 6.61. The Kier molecular flexibility index (Phi) is 3.60. The molecule has 2 heterocycles. The molecule has 4 nitrogen and oxygen atoms in total. The summed E-state index contributed by atoms with van der Waals surface area (Å²) in [5.74, 6) is 0.881. The van der Waals surface area contributed by atoms with Gasteiger partial charge in [-0.15, -0.1) is 0 Å². The van der Waals surface area contributed by atoms with E-state index in [1.54, 1.807) is 12.3 Å². The van der Waals surface area contributed by atoms with Gasteiger partial charge in [0.15, 0.2) is 0 Å². The number of hydrogen-bond donors (Lipinski definition) is 1. The molecule has 2 rings (SSSR count). The molecule has 0 spiro atoms. The minimum Gasteiger partial charge on any atom is -0.352 e. The first kappa shape index (κ1) is 11.9.